The average Bonchev–Trinajstić information content (AvgIpc) is 3.13. The number of ether oxygens (including phenoxy) is 2. The number of hydrogen-bond acceptors (Lipinski definition) is 5. The molecule has 0 radical (unpaired) electrons. The van der Waals surface area contributed by atoms with Gasteiger partial charge in [0.05, 0.1) is 22.4 Å². The van der Waals surface area contributed by atoms with E-state index < -0.39 is 5.60 Å². The fraction of sp³-hybridized carbons (Fsp3) is 0.545. The molecule has 1 fully saturated rings. The fourth-order valence-corrected chi connectivity index (χ4v) is 5.29. The van der Waals surface area contributed by atoms with Crippen molar-refractivity contribution in [2.75, 3.05) is 7.11 Å². The second kappa shape index (κ2) is 8.15. The monoisotopic (exact) mass is 466 g/mol. The number of methoxy groups -OCH3 is 1. The quantitative estimate of drug-likeness (QED) is 0.340. The highest BCUT2D eigenvalue weighted by Crippen LogP contribution is 2.50. The molecule has 0 unspecified atom stereocenters. The first kappa shape index (κ1) is 21.3. The van der Waals surface area contributed by atoms with Gasteiger partial charge in [-0.2, -0.15) is 0 Å². The summed E-state index contributed by atoms with van der Waals surface area (Å²) in [6.45, 7) is 7.97. The summed E-state index contributed by atoms with van der Waals surface area (Å²) in [5.41, 5.74) is -0.483. The van der Waals surface area contributed by atoms with Crippen LogP contribution >= 0.6 is 27.3 Å². The SMILES string of the molecule is CCCCC(C)(C)OC(=O)[C@H]1[C@@H](C)[C@H]1C(=O)c1cc2cc(Br)c(OC)cc2s1. The summed E-state index contributed by atoms with van der Waals surface area (Å²) in [5, 5.41) is 0.995. The first-order valence-corrected chi connectivity index (χ1v) is 11.3. The van der Waals surface area contributed by atoms with Crippen molar-refractivity contribution in [3.63, 3.8) is 0 Å². The Balaban J connectivity index is 1.73. The van der Waals surface area contributed by atoms with E-state index in [1.54, 1.807) is 7.11 Å². The van der Waals surface area contributed by atoms with Crippen LogP contribution in [-0.4, -0.2) is 24.5 Å². The van der Waals surface area contributed by atoms with Gasteiger partial charge in [0.25, 0.3) is 0 Å². The van der Waals surface area contributed by atoms with E-state index in [4.69, 9.17) is 9.47 Å². The molecular formula is C22H27BrO4S. The lowest BCUT2D eigenvalue weighted by Gasteiger charge is -2.25. The zero-order valence-corrected chi connectivity index (χ0v) is 19.4. The predicted octanol–water partition coefficient (Wildman–Crippen LogP) is 6.25. The molecule has 1 saturated carbocycles. The Kier molecular flexibility index (Phi) is 6.20. The van der Waals surface area contributed by atoms with Crippen molar-refractivity contribution < 1.29 is 19.1 Å². The van der Waals surface area contributed by atoms with Gasteiger partial charge in [0.15, 0.2) is 5.78 Å². The van der Waals surface area contributed by atoms with Crippen molar-refractivity contribution in [3.05, 3.63) is 27.5 Å². The molecule has 0 spiro atoms. The Labute approximate surface area is 178 Å². The van der Waals surface area contributed by atoms with E-state index in [9.17, 15) is 9.59 Å². The Bertz CT molecular complexity index is 901. The molecule has 0 bridgehead atoms. The molecule has 4 nitrogen and oxygen atoms in total. The van der Waals surface area contributed by atoms with Crippen LogP contribution < -0.4 is 4.74 Å². The number of carbonyl (C=O) groups excluding carboxylic acids is 2. The lowest BCUT2D eigenvalue weighted by Crippen LogP contribution is -2.29. The standard InChI is InChI=1S/C22H27BrO4S/c1-6-7-8-22(3,4)27-21(25)19-12(2)18(19)20(24)17-10-13-9-14(23)15(26-5)11-16(13)28-17/h9-12,18-19H,6-8H2,1-5H3/t12-,18+,19-/m0/s1. The van der Waals surface area contributed by atoms with Crippen molar-refractivity contribution in [1.29, 1.82) is 0 Å². The third kappa shape index (κ3) is 4.28. The number of thiophene rings is 1. The maximum Gasteiger partial charge on any atom is 0.310 e. The number of esters is 1. The molecule has 3 rings (SSSR count). The van der Waals surface area contributed by atoms with Gasteiger partial charge in [-0.25, -0.2) is 0 Å². The number of halogens is 1. The minimum atomic E-state index is -0.483. The van der Waals surface area contributed by atoms with Crippen LogP contribution in [0.4, 0.5) is 0 Å². The lowest BCUT2D eigenvalue weighted by molar-refractivity contribution is -0.159. The minimum Gasteiger partial charge on any atom is -0.496 e. The highest BCUT2D eigenvalue weighted by molar-refractivity contribution is 9.10. The summed E-state index contributed by atoms with van der Waals surface area (Å²) >= 11 is 4.93. The average molecular weight is 467 g/mol. The van der Waals surface area contributed by atoms with Crippen LogP contribution in [0, 0.1) is 17.8 Å². The van der Waals surface area contributed by atoms with E-state index in [2.05, 4.69) is 22.9 Å². The van der Waals surface area contributed by atoms with E-state index >= 15 is 0 Å². The molecule has 1 aromatic heterocycles. The normalized spacial score (nSPS) is 21.6. The molecule has 0 aliphatic heterocycles. The smallest absolute Gasteiger partial charge is 0.310 e. The van der Waals surface area contributed by atoms with Gasteiger partial charge in [0.1, 0.15) is 11.4 Å². The summed E-state index contributed by atoms with van der Waals surface area (Å²) in [5.74, 6) is -0.0558. The van der Waals surface area contributed by atoms with Crippen molar-refractivity contribution in [3.8, 4) is 5.75 Å². The summed E-state index contributed by atoms with van der Waals surface area (Å²) in [6, 6.07) is 5.80. The Morgan fingerprint density at radius 1 is 1.21 bits per heavy atom. The lowest BCUT2D eigenvalue weighted by atomic mass is 10.0. The van der Waals surface area contributed by atoms with Gasteiger partial charge in [-0.1, -0.05) is 20.3 Å². The highest BCUT2D eigenvalue weighted by Gasteiger charge is 2.57. The van der Waals surface area contributed by atoms with Crippen molar-refractivity contribution in [2.24, 2.45) is 17.8 Å². The van der Waals surface area contributed by atoms with Crippen LogP contribution in [0.3, 0.4) is 0 Å². The first-order valence-electron chi connectivity index (χ1n) is 9.72. The second-order valence-corrected chi connectivity index (χ2v) is 10.1. The summed E-state index contributed by atoms with van der Waals surface area (Å²) in [7, 11) is 1.62. The predicted molar refractivity (Wildman–Crippen MR) is 116 cm³/mol. The molecule has 152 valence electrons. The molecule has 2 aromatic rings. The number of ketones is 1. The molecule has 0 amide bonds. The van der Waals surface area contributed by atoms with Crippen LogP contribution in [0.5, 0.6) is 5.75 Å². The summed E-state index contributed by atoms with van der Waals surface area (Å²) in [4.78, 5) is 26.4. The molecule has 0 saturated heterocycles. The Morgan fingerprint density at radius 2 is 1.93 bits per heavy atom. The van der Waals surface area contributed by atoms with Crippen LogP contribution in [0.1, 0.15) is 56.6 Å². The Hall–Kier alpha value is -1.40. The number of benzene rings is 1. The van der Waals surface area contributed by atoms with E-state index in [1.807, 2.05) is 39.0 Å². The van der Waals surface area contributed by atoms with Crippen molar-refractivity contribution >= 4 is 49.1 Å². The fourth-order valence-electron chi connectivity index (χ4n) is 3.70. The molecule has 6 heteroatoms. The summed E-state index contributed by atoms with van der Waals surface area (Å²) < 4.78 is 12.9. The van der Waals surface area contributed by atoms with Crippen molar-refractivity contribution in [1.82, 2.24) is 0 Å². The van der Waals surface area contributed by atoms with Gasteiger partial charge in [-0.15, -0.1) is 11.3 Å². The molecular weight excluding hydrogens is 440 g/mol. The number of fused-ring (bicyclic) bond motifs is 1. The number of Topliss-reactive ketones (excluding diaryl/α,β-unsaturated/α-hetero) is 1. The summed E-state index contributed by atoms with van der Waals surface area (Å²) in [6.07, 6.45) is 2.92. The number of carbonyl (C=O) groups is 2. The maximum absolute atomic E-state index is 13.0. The molecule has 28 heavy (non-hydrogen) atoms. The third-order valence-corrected chi connectivity index (χ3v) is 7.23. The van der Waals surface area contributed by atoms with Gasteiger partial charge in [-0.3, -0.25) is 9.59 Å². The van der Waals surface area contributed by atoms with E-state index in [1.165, 1.54) is 11.3 Å². The minimum absolute atomic E-state index is 0.0217. The van der Waals surface area contributed by atoms with Crippen LogP contribution in [0.15, 0.2) is 22.7 Å². The number of hydrogen-bond donors (Lipinski definition) is 0. The second-order valence-electron chi connectivity index (χ2n) is 8.19. The van der Waals surface area contributed by atoms with E-state index in [0.717, 1.165) is 39.6 Å². The van der Waals surface area contributed by atoms with Crippen LogP contribution in [-0.2, 0) is 9.53 Å². The van der Waals surface area contributed by atoms with E-state index in [0.29, 0.717) is 4.88 Å². The maximum atomic E-state index is 13.0. The van der Waals surface area contributed by atoms with Gasteiger partial charge in [-0.05, 0) is 72.1 Å². The van der Waals surface area contributed by atoms with Crippen LogP contribution in [0.25, 0.3) is 10.1 Å². The first-order chi connectivity index (χ1) is 13.2. The molecule has 1 aliphatic rings. The van der Waals surface area contributed by atoms with Crippen LogP contribution in [0.2, 0.25) is 0 Å². The zero-order chi connectivity index (χ0) is 20.6. The van der Waals surface area contributed by atoms with Crippen molar-refractivity contribution in [2.45, 2.75) is 52.6 Å². The third-order valence-electron chi connectivity index (χ3n) is 5.50. The largest absolute Gasteiger partial charge is 0.496 e. The van der Waals surface area contributed by atoms with Gasteiger partial charge >= 0.3 is 5.97 Å². The molecule has 3 atom stereocenters. The number of unbranched alkanes of at least 4 members (excludes halogenated alkanes) is 1. The Morgan fingerprint density at radius 3 is 2.57 bits per heavy atom. The highest BCUT2D eigenvalue weighted by atomic mass is 79.9. The molecule has 1 aromatic carbocycles. The molecule has 1 aliphatic carbocycles. The molecule has 1 heterocycles. The zero-order valence-electron chi connectivity index (χ0n) is 17.0. The van der Waals surface area contributed by atoms with Gasteiger partial charge in [0, 0.05) is 10.6 Å². The van der Waals surface area contributed by atoms with E-state index in [-0.39, 0.29) is 29.5 Å². The van der Waals surface area contributed by atoms with Gasteiger partial charge < -0.3 is 9.47 Å². The number of rotatable bonds is 8. The molecule has 0 N–H and O–H groups in total. The topological polar surface area (TPSA) is 52.6 Å². The van der Waals surface area contributed by atoms with Gasteiger partial charge in [0.2, 0.25) is 0 Å².